The Hall–Kier alpha value is -2.88. The van der Waals surface area contributed by atoms with Gasteiger partial charge in [0.25, 0.3) is 0 Å². The third kappa shape index (κ3) is 3.54. The zero-order valence-electron chi connectivity index (χ0n) is 15.4. The highest BCUT2D eigenvalue weighted by molar-refractivity contribution is 5.83. The van der Waals surface area contributed by atoms with Gasteiger partial charge in [0.2, 0.25) is 0 Å². The number of hydrogen-bond donors (Lipinski definition) is 0. The Morgan fingerprint density at radius 3 is 2.31 bits per heavy atom. The van der Waals surface area contributed by atoms with Crippen LogP contribution in [0.4, 0.5) is 0 Å². The Labute approximate surface area is 152 Å². The lowest BCUT2D eigenvalue weighted by Gasteiger charge is -2.09. The van der Waals surface area contributed by atoms with E-state index in [1.807, 2.05) is 24.3 Å². The van der Waals surface area contributed by atoms with Crippen LogP contribution in [0.5, 0.6) is 5.75 Å². The van der Waals surface area contributed by atoms with Gasteiger partial charge >= 0.3 is 5.97 Å². The van der Waals surface area contributed by atoms with E-state index < -0.39 is 0 Å². The Kier molecular flexibility index (Phi) is 4.94. The molecule has 4 nitrogen and oxygen atoms in total. The summed E-state index contributed by atoms with van der Waals surface area (Å²) in [4.78, 5) is 24.5. The third-order valence-electron chi connectivity index (χ3n) is 4.32. The van der Waals surface area contributed by atoms with Crippen LogP contribution in [0.2, 0.25) is 0 Å². The van der Waals surface area contributed by atoms with Crippen LogP contribution in [0, 0.1) is 5.92 Å². The molecule has 0 fully saturated rings. The summed E-state index contributed by atoms with van der Waals surface area (Å²) in [5, 5.41) is 0.458. The topological polar surface area (TPSA) is 56.5 Å². The van der Waals surface area contributed by atoms with Crippen LogP contribution >= 0.6 is 0 Å². The number of fused-ring (bicyclic) bond motifs is 1. The lowest BCUT2D eigenvalue weighted by atomic mass is 9.99. The standard InChI is InChI=1S/C22H22O4/c1-13(2)15-5-7-16(8-6-15)19-12-25-20-11-17(26-22(24)14(3)4)9-10-18(20)21(19)23/h5-14H,1-4H3. The van der Waals surface area contributed by atoms with Crippen LogP contribution in [-0.4, -0.2) is 5.97 Å². The molecule has 0 amide bonds. The van der Waals surface area contributed by atoms with Crippen molar-refractivity contribution >= 4 is 16.9 Å². The van der Waals surface area contributed by atoms with E-state index in [0.717, 1.165) is 5.56 Å². The first-order valence-corrected chi connectivity index (χ1v) is 8.74. The van der Waals surface area contributed by atoms with Crippen molar-refractivity contribution in [3.63, 3.8) is 0 Å². The van der Waals surface area contributed by atoms with Gasteiger partial charge in [-0.1, -0.05) is 52.0 Å². The van der Waals surface area contributed by atoms with Gasteiger partial charge < -0.3 is 9.15 Å². The lowest BCUT2D eigenvalue weighted by molar-refractivity contribution is -0.137. The van der Waals surface area contributed by atoms with Crippen molar-refractivity contribution in [2.45, 2.75) is 33.6 Å². The van der Waals surface area contributed by atoms with E-state index in [0.29, 0.717) is 28.2 Å². The number of rotatable bonds is 4. The van der Waals surface area contributed by atoms with Crippen molar-refractivity contribution in [3.05, 3.63) is 64.5 Å². The van der Waals surface area contributed by atoms with Crippen LogP contribution in [0.1, 0.15) is 39.2 Å². The molecule has 2 aromatic carbocycles. The summed E-state index contributed by atoms with van der Waals surface area (Å²) in [6, 6.07) is 12.7. The summed E-state index contributed by atoms with van der Waals surface area (Å²) in [6.45, 7) is 7.78. The van der Waals surface area contributed by atoms with Crippen molar-refractivity contribution < 1.29 is 13.9 Å². The van der Waals surface area contributed by atoms with E-state index in [4.69, 9.17) is 9.15 Å². The molecule has 0 unspecified atom stereocenters. The molecule has 0 atom stereocenters. The van der Waals surface area contributed by atoms with Gasteiger partial charge in [-0.25, -0.2) is 0 Å². The van der Waals surface area contributed by atoms with E-state index in [9.17, 15) is 9.59 Å². The summed E-state index contributed by atoms with van der Waals surface area (Å²) in [6.07, 6.45) is 1.46. The maximum Gasteiger partial charge on any atom is 0.313 e. The van der Waals surface area contributed by atoms with Crippen LogP contribution in [0.15, 0.2) is 57.9 Å². The van der Waals surface area contributed by atoms with Gasteiger partial charge in [0.1, 0.15) is 17.6 Å². The van der Waals surface area contributed by atoms with E-state index >= 15 is 0 Å². The molecule has 3 rings (SSSR count). The molecule has 1 heterocycles. The molecule has 0 saturated carbocycles. The van der Waals surface area contributed by atoms with Gasteiger partial charge in [0, 0.05) is 6.07 Å². The number of esters is 1. The Balaban J connectivity index is 1.98. The smallest absolute Gasteiger partial charge is 0.313 e. The second-order valence-corrected chi connectivity index (χ2v) is 6.99. The first kappa shape index (κ1) is 17.9. The minimum atomic E-state index is -0.325. The molecule has 1 aromatic heterocycles. The molecule has 0 saturated heterocycles. The summed E-state index contributed by atoms with van der Waals surface area (Å²) in [5.41, 5.74) is 2.84. The molecule has 0 aliphatic rings. The average Bonchev–Trinajstić information content (AvgIpc) is 2.62. The number of benzene rings is 2. The van der Waals surface area contributed by atoms with Crippen molar-refractivity contribution in [3.8, 4) is 16.9 Å². The van der Waals surface area contributed by atoms with Crippen LogP contribution in [0.25, 0.3) is 22.1 Å². The van der Waals surface area contributed by atoms with Gasteiger partial charge in [-0.3, -0.25) is 9.59 Å². The van der Waals surface area contributed by atoms with Gasteiger partial charge in [0.05, 0.1) is 16.9 Å². The maximum atomic E-state index is 12.8. The maximum absolute atomic E-state index is 12.8. The zero-order valence-corrected chi connectivity index (χ0v) is 15.4. The lowest BCUT2D eigenvalue weighted by Crippen LogP contribution is -2.14. The molecule has 0 aliphatic heterocycles. The molecular formula is C22H22O4. The largest absolute Gasteiger partial charge is 0.463 e. The molecule has 0 aliphatic carbocycles. The van der Waals surface area contributed by atoms with Crippen molar-refractivity contribution in [1.29, 1.82) is 0 Å². The van der Waals surface area contributed by atoms with Crippen LogP contribution < -0.4 is 10.2 Å². The van der Waals surface area contributed by atoms with E-state index in [1.165, 1.54) is 11.8 Å². The second-order valence-electron chi connectivity index (χ2n) is 6.99. The van der Waals surface area contributed by atoms with Crippen LogP contribution in [0.3, 0.4) is 0 Å². The van der Waals surface area contributed by atoms with Gasteiger partial charge in [-0.15, -0.1) is 0 Å². The minimum absolute atomic E-state index is 0.106. The van der Waals surface area contributed by atoms with E-state index in [1.54, 1.807) is 32.0 Å². The van der Waals surface area contributed by atoms with E-state index in [2.05, 4.69) is 13.8 Å². The molecule has 0 spiro atoms. The van der Waals surface area contributed by atoms with Gasteiger partial charge in [0.15, 0.2) is 5.43 Å². The summed E-state index contributed by atoms with van der Waals surface area (Å²) in [5.74, 6) is 0.250. The predicted molar refractivity (Wildman–Crippen MR) is 102 cm³/mol. The summed E-state index contributed by atoms with van der Waals surface area (Å²) >= 11 is 0. The van der Waals surface area contributed by atoms with Gasteiger partial charge in [-0.05, 0) is 29.2 Å². The quantitative estimate of drug-likeness (QED) is 0.482. The fraction of sp³-hybridized carbons (Fsp3) is 0.273. The molecule has 4 heteroatoms. The highest BCUT2D eigenvalue weighted by atomic mass is 16.5. The number of ether oxygens (including phenoxy) is 1. The monoisotopic (exact) mass is 350 g/mol. The van der Waals surface area contributed by atoms with Crippen LogP contribution in [-0.2, 0) is 4.79 Å². The SMILES string of the molecule is CC(C)C(=O)Oc1ccc2c(=O)c(-c3ccc(C(C)C)cc3)coc2c1. The number of carbonyl (C=O) groups excluding carboxylic acids is 1. The zero-order chi connectivity index (χ0) is 18.8. The fourth-order valence-electron chi connectivity index (χ4n) is 2.65. The highest BCUT2D eigenvalue weighted by Gasteiger charge is 2.13. The molecular weight excluding hydrogens is 328 g/mol. The fourth-order valence-corrected chi connectivity index (χ4v) is 2.65. The van der Waals surface area contributed by atoms with Gasteiger partial charge in [-0.2, -0.15) is 0 Å². The van der Waals surface area contributed by atoms with E-state index in [-0.39, 0.29) is 17.3 Å². The predicted octanol–water partition coefficient (Wildman–Crippen LogP) is 5.14. The van der Waals surface area contributed by atoms with Crippen molar-refractivity contribution in [2.75, 3.05) is 0 Å². The average molecular weight is 350 g/mol. The molecule has 134 valence electrons. The van der Waals surface area contributed by atoms with Crippen molar-refractivity contribution in [2.24, 2.45) is 5.92 Å². The molecule has 0 bridgehead atoms. The van der Waals surface area contributed by atoms with Crippen molar-refractivity contribution in [1.82, 2.24) is 0 Å². The summed E-state index contributed by atoms with van der Waals surface area (Å²) < 4.78 is 10.9. The second kappa shape index (κ2) is 7.16. The Bertz CT molecular complexity index is 995. The Morgan fingerprint density at radius 2 is 1.69 bits per heavy atom. The number of hydrogen-bond acceptors (Lipinski definition) is 4. The minimum Gasteiger partial charge on any atom is -0.463 e. The molecule has 3 aromatic rings. The molecule has 0 radical (unpaired) electrons. The number of carbonyl (C=O) groups is 1. The Morgan fingerprint density at radius 1 is 1.00 bits per heavy atom. The summed E-state index contributed by atoms with van der Waals surface area (Å²) in [7, 11) is 0. The third-order valence-corrected chi connectivity index (χ3v) is 4.32. The highest BCUT2D eigenvalue weighted by Crippen LogP contribution is 2.25. The normalized spacial score (nSPS) is 11.3. The molecule has 26 heavy (non-hydrogen) atoms. The first-order valence-electron chi connectivity index (χ1n) is 8.74. The molecule has 0 N–H and O–H groups in total. The first-order chi connectivity index (χ1) is 12.4.